The summed E-state index contributed by atoms with van der Waals surface area (Å²) in [5.74, 6) is -1.22. The number of anilines is 2. The highest BCUT2D eigenvalue weighted by atomic mass is 32.1. The van der Waals surface area contributed by atoms with Crippen LogP contribution in [-0.4, -0.2) is 99.6 Å². The summed E-state index contributed by atoms with van der Waals surface area (Å²) >= 11 is 0.807. The molecule has 8 rings (SSSR count). The number of piperazine rings is 1. The van der Waals surface area contributed by atoms with Gasteiger partial charge in [-0.3, -0.25) is 10.3 Å². The van der Waals surface area contributed by atoms with Gasteiger partial charge < -0.3 is 33.6 Å². The zero-order chi connectivity index (χ0) is 46.0. The van der Waals surface area contributed by atoms with Gasteiger partial charge in [-0.2, -0.15) is 24.0 Å². The van der Waals surface area contributed by atoms with Crippen molar-refractivity contribution in [1.82, 2.24) is 24.8 Å². The molecule has 0 bridgehead atoms. The van der Waals surface area contributed by atoms with Crippen LogP contribution in [0.2, 0.25) is 0 Å². The number of thiophene rings is 1. The van der Waals surface area contributed by atoms with E-state index in [-0.39, 0.29) is 92.9 Å². The van der Waals surface area contributed by atoms with Crippen molar-refractivity contribution < 1.29 is 46.1 Å². The molecule has 1 saturated carbocycles. The Kier molecular flexibility index (Phi) is 12.0. The maximum atomic E-state index is 17.9. The average Bonchev–Trinajstić information content (AvgIpc) is 3.61. The maximum Gasteiger partial charge on any atom is 0.412 e. The molecule has 2 amide bonds. The molecule has 4 aromatic rings. The molecule has 1 N–H and O–H groups in total. The van der Waals surface area contributed by atoms with Gasteiger partial charge in [0.2, 0.25) is 0 Å². The Morgan fingerprint density at radius 3 is 2.31 bits per heavy atom. The monoisotopic (exact) mass is 908 g/mol. The molecule has 64 heavy (non-hydrogen) atoms. The number of likely N-dealkylation sites (tertiary alicyclic amines) is 1. The third kappa shape index (κ3) is 9.01. The number of piperidine rings is 1. The third-order valence-corrected chi connectivity index (χ3v) is 13.1. The highest BCUT2D eigenvalue weighted by Crippen LogP contribution is 2.49. The van der Waals surface area contributed by atoms with Crippen molar-refractivity contribution in [3.8, 4) is 23.3 Å². The van der Waals surface area contributed by atoms with Crippen LogP contribution in [-0.2, 0) is 27.4 Å². The summed E-state index contributed by atoms with van der Waals surface area (Å²) in [5, 5.41) is 13.4. The number of aromatic nitrogens is 3. The van der Waals surface area contributed by atoms with Crippen molar-refractivity contribution in [2.45, 2.75) is 118 Å². The third-order valence-electron chi connectivity index (χ3n) is 12.0. The molecule has 4 aliphatic rings. The molecule has 19 heteroatoms. The van der Waals surface area contributed by atoms with E-state index in [1.165, 1.54) is 0 Å². The molecule has 0 unspecified atom stereocenters. The van der Waals surface area contributed by atoms with Crippen molar-refractivity contribution in [2.24, 2.45) is 5.41 Å². The number of carbonyl (C=O) groups excluding carboxylic acids is 2. The standard InChI is InChI=1S/C45H52F4N8O6S/c1-23-18-57(42(59)63-44(6,7)8)24(2)17-56(23)38-32-28-20-60-19-27(28)30(34-31-26(15-50)39(54-41(58)62-43(3,4)5)64-36(31)29(46)16-51-34)33(47)35(32)52-40(53-38)61-22-45(11-12-45)21-55-13-9-25(10-14-55)37(48)49/h16,23-24H,9-14,17-22H2,1-8H3,(H,54,58)/t23-,24+/m0/s1. The van der Waals surface area contributed by atoms with E-state index in [0.717, 1.165) is 30.4 Å². The van der Waals surface area contributed by atoms with E-state index in [1.54, 1.807) is 46.4 Å². The van der Waals surface area contributed by atoms with Gasteiger partial charge in [0.1, 0.15) is 33.6 Å². The van der Waals surface area contributed by atoms with Gasteiger partial charge in [0.15, 0.2) is 11.6 Å². The first-order chi connectivity index (χ1) is 30.2. The largest absolute Gasteiger partial charge is 0.463 e. The van der Waals surface area contributed by atoms with E-state index < -0.39 is 41.1 Å². The second-order valence-electron chi connectivity index (χ2n) is 19.3. The Bertz CT molecular complexity index is 2600. The van der Waals surface area contributed by atoms with Crippen LogP contribution in [0.1, 0.15) is 97.8 Å². The van der Waals surface area contributed by atoms with Crippen LogP contribution in [0, 0.1) is 28.4 Å². The fraction of sp³-hybridized carbons (Fsp3) is 0.556. The molecular weight excluding hydrogens is 857 g/mol. The van der Waals surface area contributed by atoms with E-state index in [1.807, 2.05) is 18.7 Å². The highest BCUT2D eigenvalue weighted by molar-refractivity contribution is 7.23. The number of hydrogen-bond acceptors (Lipinski definition) is 13. The fourth-order valence-electron chi connectivity index (χ4n) is 8.75. The number of nitrogens with zero attached hydrogens (tertiary/aromatic N) is 7. The van der Waals surface area contributed by atoms with Gasteiger partial charge in [-0.25, -0.2) is 18.4 Å². The van der Waals surface area contributed by atoms with Crippen LogP contribution in [0.5, 0.6) is 6.01 Å². The summed E-state index contributed by atoms with van der Waals surface area (Å²) < 4.78 is 83.7. The smallest absolute Gasteiger partial charge is 0.412 e. The fourth-order valence-corrected chi connectivity index (χ4v) is 9.78. The van der Waals surface area contributed by atoms with Crippen molar-refractivity contribution in [3.63, 3.8) is 0 Å². The molecule has 342 valence electrons. The van der Waals surface area contributed by atoms with Gasteiger partial charge in [-0.1, -0.05) is 0 Å². The summed E-state index contributed by atoms with van der Waals surface area (Å²) in [4.78, 5) is 46.2. The van der Waals surface area contributed by atoms with Gasteiger partial charge in [0.05, 0.1) is 47.4 Å². The minimum Gasteiger partial charge on any atom is -0.463 e. The molecule has 3 aliphatic heterocycles. The predicted octanol–water partition coefficient (Wildman–Crippen LogP) is 9.67. The summed E-state index contributed by atoms with van der Waals surface area (Å²) in [6.45, 7) is 16.7. The summed E-state index contributed by atoms with van der Waals surface area (Å²) in [7, 11) is 0. The van der Waals surface area contributed by atoms with Crippen LogP contribution in [0.4, 0.5) is 38.0 Å². The number of halogens is 4. The Balaban J connectivity index is 1.23. The van der Waals surface area contributed by atoms with Crippen LogP contribution in [0.3, 0.4) is 0 Å². The highest BCUT2D eigenvalue weighted by Gasteiger charge is 2.46. The number of carbonyl (C=O) groups is 2. The lowest BCUT2D eigenvalue weighted by atomic mass is 9.93. The molecule has 6 heterocycles. The second-order valence-corrected chi connectivity index (χ2v) is 20.3. The molecule has 3 fully saturated rings. The number of benzene rings is 1. The Labute approximate surface area is 372 Å². The van der Waals surface area contributed by atoms with E-state index in [0.29, 0.717) is 61.4 Å². The number of nitriles is 1. The number of pyridine rings is 1. The normalized spacial score (nSPS) is 20.0. The number of amides is 2. The van der Waals surface area contributed by atoms with E-state index >= 15 is 8.78 Å². The van der Waals surface area contributed by atoms with Crippen molar-refractivity contribution in [2.75, 3.05) is 49.5 Å². The molecule has 2 saturated heterocycles. The van der Waals surface area contributed by atoms with Gasteiger partial charge in [0.25, 0.3) is 6.08 Å². The average molecular weight is 909 g/mol. The molecule has 3 aromatic heterocycles. The lowest BCUT2D eigenvalue weighted by Gasteiger charge is -2.45. The number of hydrogen-bond donors (Lipinski definition) is 1. The lowest BCUT2D eigenvalue weighted by molar-refractivity contribution is 0.0129. The molecule has 2 atom stereocenters. The Hall–Kier alpha value is -5.32. The molecule has 1 aromatic carbocycles. The van der Waals surface area contributed by atoms with Crippen LogP contribution in [0.15, 0.2) is 17.9 Å². The van der Waals surface area contributed by atoms with E-state index in [9.17, 15) is 23.6 Å². The predicted molar refractivity (Wildman–Crippen MR) is 232 cm³/mol. The lowest BCUT2D eigenvalue weighted by Crippen LogP contribution is -2.59. The van der Waals surface area contributed by atoms with Gasteiger partial charge in [-0.15, -0.1) is 11.3 Å². The quantitative estimate of drug-likeness (QED) is 0.167. The Morgan fingerprint density at radius 1 is 0.984 bits per heavy atom. The maximum absolute atomic E-state index is 17.9. The second kappa shape index (κ2) is 16.9. The van der Waals surface area contributed by atoms with Crippen molar-refractivity contribution in [3.05, 3.63) is 46.2 Å². The molecule has 1 aliphatic carbocycles. The molecule has 0 radical (unpaired) electrons. The van der Waals surface area contributed by atoms with Crippen molar-refractivity contribution >= 4 is 55.3 Å². The summed E-state index contributed by atoms with van der Waals surface area (Å²) in [6, 6.07) is 1.29. The number of nitrogens with one attached hydrogen (secondary N) is 1. The topological polar surface area (TPSA) is 155 Å². The van der Waals surface area contributed by atoms with Gasteiger partial charge in [-0.05, 0) is 97.8 Å². The van der Waals surface area contributed by atoms with Crippen molar-refractivity contribution in [1.29, 1.82) is 5.26 Å². The van der Waals surface area contributed by atoms with E-state index in [2.05, 4.69) is 21.3 Å². The van der Waals surface area contributed by atoms with Crippen LogP contribution < -0.4 is 15.0 Å². The molecule has 14 nitrogen and oxygen atoms in total. The van der Waals surface area contributed by atoms with Crippen LogP contribution >= 0.6 is 11.3 Å². The zero-order valence-corrected chi connectivity index (χ0v) is 38.0. The SMILES string of the molecule is C[C@@H]1CN(c2nc(OCC3(CN4CCC(=C(F)F)CC4)CC3)nc3c(F)c(-c4ncc(F)c5sc(NC(=O)OC(C)(C)C)c(C#N)c45)c4c(c23)COC4)[C@@H](C)CN1C(=O)OC(C)(C)C. The summed E-state index contributed by atoms with van der Waals surface area (Å²) in [6.07, 6.45) is 0.341. The van der Waals surface area contributed by atoms with Gasteiger partial charge in [0, 0.05) is 61.2 Å². The first kappa shape index (κ1) is 45.3. The van der Waals surface area contributed by atoms with Gasteiger partial charge >= 0.3 is 18.2 Å². The first-order valence-corrected chi connectivity index (χ1v) is 22.3. The minimum absolute atomic E-state index is 0.00243. The first-order valence-electron chi connectivity index (χ1n) is 21.4. The van der Waals surface area contributed by atoms with Crippen LogP contribution in [0.25, 0.3) is 32.2 Å². The number of fused-ring (bicyclic) bond motifs is 4. The zero-order valence-electron chi connectivity index (χ0n) is 37.2. The number of rotatable bonds is 8. The minimum atomic E-state index is -1.60. The molecular formula is C45H52F4N8O6S. The number of ether oxygens (including phenoxy) is 4. The molecule has 0 spiro atoms. The summed E-state index contributed by atoms with van der Waals surface area (Å²) in [5.41, 5.74) is -0.975. The van der Waals surface area contributed by atoms with E-state index in [4.69, 9.17) is 28.9 Å². The Morgan fingerprint density at radius 2 is 1.67 bits per heavy atom.